The molecule has 0 aliphatic carbocycles. The number of para-hydroxylation sites is 1. The molecule has 3 heterocycles. The van der Waals surface area contributed by atoms with Crippen molar-refractivity contribution >= 4 is 22.7 Å². The van der Waals surface area contributed by atoms with Crippen LogP contribution in [0.4, 0.5) is 4.39 Å². The van der Waals surface area contributed by atoms with Crippen LogP contribution in [0.5, 0.6) is 0 Å². The Labute approximate surface area is 189 Å². The maximum Gasteiger partial charge on any atom is 0.290 e. The molecule has 8 heteroatoms. The van der Waals surface area contributed by atoms with Crippen LogP contribution in [0.25, 0.3) is 11.0 Å². The molecule has 2 aromatic carbocycles. The maximum atomic E-state index is 13.6. The first-order valence-corrected chi connectivity index (χ1v) is 10.9. The van der Waals surface area contributed by atoms with Crippen molar-refractivity contribution in [2.45, 2.75) is 6.04 Å². The second-order valence-corrected chi connectivity index (χ2v) is 8.15. The number of rotatable bonds is 6. The third-order valence-electron chi connectivity index (χ3n) is 6.14. The number of carbonyl (C=O) groups is 2. The van der Waals surface area contributed by atoms with Crippen LogP contribution in [-0.4, -0.2) is 66.0 Å². The maximum absolute atomic E-state index is 13.6. The Morgan fingerprint density at radius 3 is 2.52 bits per heavy atom. The van der Waals surface area contributed by atoms with Crippen LogP contribution < -0.4 is 0 Å². The number of fused-ring (bicyclic) bond motifs is 1. The molecule has 0 spiro atoms. The SMILES string of the molecule is O=C(C1=C(O)C(=O)N(CCN2CCOCC2)[C@@H]1c1ccc(F)cc1)c1cc2ccccc2o1. The largest absolute Gasteiger partial charge is 0.503 e. The molecular formula is C25H23FN2O5. The molecule has 2 aliphatic rings. The van der Waals surface area contributed by atoms with Crippen LogP contribution in [-0.2, 0) is 9.53 Å². The van der Waals surface area contributed by atoms with E-state index in [0.717, 1.165) is 18.5 Å². The fourth-order valence-corrected chi connectivity index (χ4v) is 4.41. The molecule has 0 saturated carbocycles. The molecule has 2 aliphatic heterocycles. The lowest BCUT2D eigenvalue weighted by Crippen LogP contribution is -2.43. The van der Waals surface area contributed by atoms with Crippen LogP contribution in [0.2, 0.25) is 0 Å². The van der Waals surface area contributed by atoms with Crippen molar-refractivity contribution in [3.63, 3.8) is 0 Å². The Kier molecular flexibility index (Phi) is 5.70. The van der Waals surface area contributed by atoms with Crippen molar-refractivity contribution in [3.05, 3.63) is 83.1 Å². The molecule has 1 atom stereocenters. The molecule has 1 fully saturated rings. The number of benzene rings is 2. The van der Waals surface area contributed by atoms with Gasteiger partial charge in [-0.2, -0.15) is 0 Å². The molecule has 33 heavy (non-hydrogen) atoms. The van der Waals surface area contributed by atoms with Crippen molar-refractivity contribution in [3.8, 4) is 0 Å². The van der Waals surface area contributed by atoms with Gasteiger partial charge in [0.2, 0.25) is 5.78 Å². The highest BCUT2D eigenvalue weighted by Crippen LogP contribution is 2.39. The van der Waals surface area contributed by atoms with Crippen molar-refractivity contribution < 1.29 is 28.2 Å². The molecule has 170 valence electrons. The molecule has 5 rings (SSSR count). The minimum atomic E-state index is -0.847. The first kappa shape index (κ1) is 21.4. The number of aliphatic hydroxyl groups excluding tert-OH is 1. The number of morpholine rings is 1. The number of Topliss-reactive ketones (excluding diaryl/α,β-unsaturated/α-hetero) is 1. The van der Waals surface area contributed by atoms with Gasteiger partial charge in [-0.3, -0.25) is 14.5 Å². The molecule has 0 bridgehead atoms. The summed E-state index contributed by atoms with van der Waals surface area (Å²) in [5.74, 6) is -2.19. The van der Waals surface area contributed by atoms with Crippen LogP contribution in [0.15, 0.2) is 70.3 Å². The van der Waals surface area contributed by atoms with Crippen LogP contribution in [0, 0.1) is 5.82 Å². The summed E-state index contributed by atoms with van der Waals surface area (Å²) in [5, 5.41) is 11.5. The van der Waals surface area contributed by atoms with E-state index < -0.39 is 29.3 Å². The van der Waals surface area contributed by atoms with Crippen molar-refractivity contribution in [1.82, 2.24) is 9.80 Å². The molecule has 0 radical (unpaired) electrons. The zero-order valence-corrected chi connectivity index (χ0v) is 17.9. The van der Waals surface area contributed by atoms with Gasteiger partial charge in [-0.25, -0.2) is 4.39 Å². The molecule has 1 aromatic heterocycles. The molecule has 3 aromatic rings. The smallest absolute Gasteiger partial charge is 0.290 e. The number of hydrogen-bond donors (Lipinski definition) is 1. The van der Waals surface area contributed by atoms with E-state index in [1.807, 2.05) is 12.1 Å². The average Bonchev–Trinajstić information content (AvgIpc) is 3.38. The van der Waals surface area contributed by atoms with Gasteiger partial charge in [-0.1, -0.05) is 30.3 Å². The van der Waals surface area contributed by atoms with E-state index in [9.17, 15) is 19.1 Å². The third-order valence-corrected chi connectivity index (χ3v) is 6.14. The number of ether oxygens (including phenoxy) is 1. The van der Waals surface area contributed by atoms with E-state index in [4.69, 9.17) is 9.15 Å². The van der Waals surface area contributed by atoms with Crippen molar-refractivity contribution in [2.75, 3.05) is 39.4 Å². The van der Waals surface area contributed by atoms with Gasteiger partial charge in [0.25, 0.3) is 5.91 Å². The highest BCUT2D eigenvalue weighted by atomic mass is 19.1. The number of carbonyl (C=O) groups excluding carboxylic acids is 2. The fourth-order valence-electron chi connectivity index (χ4n) is 4.41. The summed E-state index contributed by atoms with van der Waals surface area (Å²) in [6.45, 7) is 3.58. The van der Waals surface area contributed by atoms with E-state index in [2.05, 4.69) is 4.90 Å². The first-order chi connectivity index (χ1) is 16.0. The molecular weight excluding hydrogens is 427 g/mol. The first-order valence-electron chi connectivity index (χ1n) is 10.9. The van der Waals surface area contributed by atoms with Gasteiger partial charge in [-0.15, -0.1) is 0 Å². The standard InChI is InChI=1S/C25H23FN2O5/c26-18-7-5-16(6-8-18)22-21(23(29)20-15-17-3-1-2-4-19(17)33-20)24(30)25(31)28(22)10-9-27-11-13-32-14-12-27/h1-8,15,22,30H,9-14H2/t22-/m1/s1. The minimum Gasteiger partial charge on any atom is -0.503 e. The molecule has 7 nitrogen and oxygen atoms in total. The summed E-state index contributed by atoms with van der Waals surface area (Å²) in [4.78, 5) is 30.2. The van der Waals surface area contributed by atoms with E-state index >= 15 is 0 Å². The van der Waals surface area contributed by atoms with Gasteiger partial charge in [0.15, 0.2) is 11.5 Å². The zero-order chi connectivity index (χ0) is 22.9. The van der Waals surface area contributed by atoms with Crippen LogP contribution >= 0.6 is 0 Å². The number of nitrogens with zero attached hydrogens (tertiary/aromatic N) is 2. The van der Waals surface area contributed by atoms with E-state index in [1.54, 1.807) is 18.2 Å². The zero-order valence-electron chi connectivity index (χ0n) is 17.9. The lowest BCUT2D eigenvalue weighted by molar-refractivity contribution is -0.129. The Hall–Kier alpha value is -3.49. The quantitative estimate of drug-likeness (QED) is 0.579. The second kappa shape index (κ2) is 8.80. The Morgan fingerprint density at radius 1 is 1.06 bits per heavy atom. The lowest BCUT2D eigenvalue weighted by Gasteiger charge is -2.31. The second-order valence-electron chi connectivity index (χ2n) is 8.15. The normalized spacial score (nSPS) is 19.6. The van der Waals surface area contributed by atoms with Crippen LogP contribution in [0.1, 0.15) is 22.2 Å². The Morgan fingerprint density at radius 2 is 1.79 bits per heavy atom. The molecule has 1 saturated heterocycles. The predicted octanol–water partition coefficient (Wildman–Crippen LogP) is 3.48. The van der Waals surface area contributed by atoms with Crippen molar-refractivity contribution in [1.29, 1.82) is 0 Å². The van der Waals surface area contributed by atoms with Gasteiger partial charge in [-0.05, 0) is 29.8 Å². The van der Waals surface area contributed by atoms with E-state index in [1.165, 1.54) is 29.2 Å². The van der Waals surface area contributed by atoms with Crippen LogP contribution in [0.3, 0.4) is 0 Å². The Bertz CT molecular complexity index is 1190. The number of amides is 1. The van der Waals surface area contributed by atoms with E-state index in [0.29, 0.717) is 37.4 Å². The number of aliphatic hydroxyl groups is 1. The summed E-state index contributed by atoms with van der Waals surface area (Å²) >= 11 is 0. The summed E-state index contributed by atoms with van der Waals surface area (Å²) < 4.78 is 24.7. The fraction of sp³-hybridized carbons (Fsp3) is 0.280. The van der Waals surface area contributed by atoms with Crippen molar-refractivity contribution in [2.24, 2.45) is 0 Å². The highest BCUT2D eigenvalue weighted by molar-refractivity contribution is 6.16. The van der Waals surface area contributed by atoms with Gasteiger partial charge >= 0.3 is 0 Å². The van der Waals surface area contributed by atoms with E-state index in [-0.39, 0.29) is 11.3 Å². The summed E-state index contributed by atoms with van der Waals surface area (Å²) in [6, 6.07) is 13.5. The minimum absolute atomic E-state index is 0.0349. The van der Waals surface area contributed by atoms with Gasteiger partial charge in [0.1, 0.15) is 11.4 Å². The summed E-state index contributed by atoms with van der Waals surface area (Å²) in [5.41, 5.74) is 1.01. The average molecular weight is 450 g/mol. The monoisotopic (exact) mass is 450 g/mol. The van der Waals surface area contributed by atoms with Gasteiger partial charge in [0, 0.05) is 31.6 Å². The number of ketones is 1. The predicted molar refractivity (Wildman–Crippen MR) is 118 cm³/mol. The number of hydrogen-bond acceptors (Lipinski definition) is 6. The summed E-state index contributed by atoms with van der Waals surface area (Å²) in [7, 11) is 0. The molecule has 0 unspecified atom stereocenters. The summed E-state index contributed by atoms with van der Waals surface area (Å²) in [6.07, 6.45) is 0. The lowest BCUT2D eigenvalue weighted by atomic mass is 9.95. The number of halogens is 1. The van der Waals surface area contributed by atoms with Gasteiger partial charge < -0.3 is 19.2 Å². The highest BCUT2D eigenvalue weighted by Gasteiger charge is 2.44. The third kappa shape index (κ3) is 4.03. The number of furan rings is 1. The molecule has 1 N–H and O–H groups in total. The van der Waals surface area contributed by atoms with Gasteiger partial charge in [0.05, 0.1) is 24.8 Å². The Balaban J connectivity index is 1.50. The topological polar surface area (TPSA) is 83.2 Å². The molecule has 1 amide bonds.